The number of alkyl carbamates (subject to hydrolysis) is 1. The maximum Gasteiger partial charge on any atom is 0.407 e. The zero-order valence-corrected chi connectivity index (χ0v) is 16.3. The molecule has 2 atom stereocenters. The molecule has 0 aliphatic heterocycles. The third-order valence-corrected chi connectivity index (χ3v) is 4.07. The van der Waals surface area contributed by atoms with Gasteiger partial charge >= 0.3 is 6.09 Å². The number of amides is 1. The summed E-state index contributed by atoms with van der Waals surface area (Å²) in [6, 6.07) is 7.87. The Morgan fingerprint density at radius 1 is 1.26 bits per heavy atom. The Morgan fingerprint density at radius 2 is 1.93 bits per heavy atom. The molecule has 0 aliphatic carbocycles. The van der Waals surface area contributed by atoms with Gasteiger partial charge in [-0.25, -0.2) is 9.18 Å². The van der Waals surface area contributed by atoms with Gasteiger partial charge in [0.05, 0.1) is 0 Å². The fourth-order valence-electron chi connectivity index (χ4n) is 2.92. The van der Waals surface area contributed by atoms with E-state index in [1.165, 1.54) is 12.1 Å². The lowest BCUT2D eigenvalue weighted by atomic mass is 10.0. The zero-order valence-electron chi connectivity index (χ0n) is 16.3. The zero-order chi connectivity index (χ0) is 20.4. The molecule has 148 valence electrons. The number of aliphatic hydroxyl groups excluding tert-OH is 2. The van der Waals surface area contributed by atoms with Gasteiger partial charge in [-0.05, 0) is 58.9 Å². The van der Waals surface area contributed by atoms with E-state index in [0.29, 0.717) is 16.9 Å². The highest BCUT2D eigenvalue weighted by Gasteiger charge is 2.25. The average molecular weight is 378 g/mol. The number of aliphatic hydroxyl groups is 2. The monoisotopic (exact) mass is 378 g/mol. The molecule has 0 fully saturated rings. The first-order chi connectivity index (χ1) is 12.5. The number of aryl methyl sites for hydroxylation is 1. The molecule has 2 aromatic rings. The van der Waals surface area contributed by atoms with Gasteiger partial charge in [-0.1, -0.05) is 6.07 Å². The van der Waals surface area contributed by atoms with E-state index in [0.717, 1.165) is 5.69 Å². The van der Waals surface area contributed by atoms with Crippen LogP contribution < -0.4 is 5.32 Å². The van der Waals surface area contributed by atoms with E-state index in [1.54, 1.807) is 50.5 Å². The lowest BCUT2D eigenvalue weighted by molar-refractivity contribution is 0.0126. The summed E-state index contributed by atoms with van der Waals surface area (Å²) in [4.78, 5) is 11.7. The summed E-state index contributed by atoms with van der Waals surface area (Å²) >= 11 is 0. The molecule has 0 saturated heterocycles. The van der Waals surface area contributed by atoms with E-state index < -0.39 is 23.9 Å². The molecule has 0 aliphatic rings. The van der Waals surface area contributed by atoms with Crippen molar-refractivity contribution in [3.63, 3.8) is 0 Å². The third-order valence-electron chi connectivity index (χ3n) is 4.07. The molecule has 1 aromatic heterocycles. The van der Waals surface area contributed by atoms with Crippen molar-refractivity contribution in [2.45, 2.75) is 52.4 Å². The van der Waals surface area contributed by atoms with Crippen LogP contribution in [-0.4, -0.2) is 39.1 Å². The largest absolute Gasteiger partial charge is 0.444 e. The number of nitrogens with zero attached hydrogens (tertiary/aromatic N) is 1. The highest BCUT2D eigenvalue weighted by Crippen LogP contribution is 2.27. The predicted octanol–water partition coefficient (Wildman–Crippen LogP) is 3.15. The van der Waals surface area contributed by atoms with E-state index in [1.807, 2.05) is 6.92 Å². The van der Waals surface area contributed by atoms with Crippen molar-refractivity contribution >= 4 is 6.09 Å². The van der Waals surface area contributed by atoms with E-state index in [-0.39, 0.29) is 12.4 Å². The Balaban J connectivity index is 2.14. The van der Waals surface area contributed by atoms with Crippen molar-refractivity contribution in [3.05, 3.63) is 53.1 Å². The molecule has 0 radical (unpaired) electrons. The van der Waals surface area contributed by atoms with Crippen LogP contribution in [0.15, 0.2) is 30.3 Å². The first kappa shape index (κ1) is 20.9. The van der Waals surface area contributed by atoms with Crippen molar-refractivity contribution < 1.29 is 24.1 Å². The Hall–Kier alpha value is -2.38. The Kier molecular flexibility index (Phi) is 6.28. The lowest BCUT2D eigenvalue weighted by Crippen LogP contribution is -2.38. The molecule has 7 heteroatoms. The summed E-state index contributed by atoms with van der Waals surface area (Å²) in [6.07, 6.45) is -3.11. The second-order valence-corrected chi connectivity index (χ2v) is 7.54. The number of hydrogen-bond acceptors (Lipinski definition) is 4. The first-order valence-electron chi connectivity index (χ1n) is 8.77. The quantitative estimate of drug-likeness (QED) is 0.746. The van der Waals surface area contributed by atoms with Gasteiger partial charge in [0.25, 0.3) is 0 Å². The van der Waals surface area contributed by atoms with Gasteiger partial charge in [0.1, 0.15) is 23.6 Å². The molecule has 1 amide bonds. The minimum atomic E-state index is -1.22. The number of nitrogens with one attached hydrogen (secondary N) is 1. The molecule has 2 rings (SSSR count). The van der Waals surface area contributed by atoms with Crippen LogP contribution in [0.5, 0.6) is 0 Å². The van der Waals surface area contributed by atoms with E-state index in [2.05, 4.69) is 5.32 Å². The maximum atomic E-state index is 13.5. The molecule has 0 bridgehead atoms. The highest BCUT2D eigenvalue weighted by atomic mass is 19.1. The van der Waals surface area contributed by atoms with Crippen LogP contribution in [0.3, 0.4) is 0 Å². The van der Waals surface area contributed by atoms with Crippen LogP contribution in [0.4, 0.5) is 9.18 Å². The van der Waals surface area contributed by atoms with Gasteiger partial charge in [-0.15, -0.1) is 0 Å². The second-order valence-electron chi connectivity index (χ2n) is 7.54. The van der Waals surface area contributed by atoms with Crippen LogP contribution in [0, 0.1) is 19.7 Å². The number of carbonyl (C=O) groups is 1. The summed E-state index contributed by atoms with van der Waals surface area (Å²) in [6.45, 7) is 8.65. The predicted molar refractivity (Wildman–Crippen MR) is 100 cm³/mol. The molecule has 27 heavy (non-hydrogen) atoms. The normalized spacial score (nSPS) is 13.9. The molecule has 6 nitrogen and oxygen atoms in total. The van der Waals surface area contributed by atoms with E-state index in [4.69, 9.17) is 4.74 Å². The number of hydrogen-bond donors (Lipinski definition) is 3. The van der Waals surface area contributed by atoms with Gasteiger partial charge < -0.3 is 24.8 Å². The minimum Gasteiger partial charge on any atom is -0.444 e. The Morgan fingerprint density at radius 3 is 2.52 bits per heavy atom. The fourth-order valence-corrected chi connectivity index (χ4v) is 2.92. The topological polar surface area (TPSA) is 83.7 Å². The molecular formula is C20H27FN2O4. The molecule has 2 unspecified atom stereocenters. The molecular weight excluding hydrogens is 351 g/mol. The summed E-state index contributed by atoms with van der Waals surface area (Å²) in [7, 11) is 0. The number of carbonyl (C=O) groups excluding carboxylic acids is 1. The average Bonchev–Trinajstić information content (AvgIpc) is 2.85. The van der Waals surface area contributed by atoms with Gasteiger partial charge in [0, 0.05) is 29.2 Å². The number of aromatic nitrogens is 1. The number of benzene rings is 1. The SMILES string of the molecule is Cc1cc(C(O)C(O)CNC(=O)OC(C)(C)C)c(C)n1-c1cccc(F)c1. The van der Waals surface area contributed by atoms with Crippen LogP contribution in [0.2, 0.25) is 0 Å². The van der Waals surface area contributed by atoms with Crippen molar-refractivity contribution in [1.82, 2.24) is 9.88 Å². The smallest absolute Gasteiger partial charge is 0.407 e. The van der Waals surface area contributed by atoms with Crippen LogP contribution in [0.25, 0.3) is 5.69 Å². The van der Waals surface area contributed by atoms with Crippen molar-refractivity contribution in [2.24, 2.45) is 0 Å². The van der Waals surface area contributed by atoms with Gasteiger partial charge in [-0.3, -0.25) is 0 Å². The maximum absolute atomic E-state index is 13.5. The molecule has 1 heterocycles. The fraction of sp³-hybridized carbons (Fsp3) is 0.450. The molecule has 0 saturated carbocycles. The summed E-state index contributed by atoms with van der Waals surface area (Å²) in [5, 5.41) is 23.2. The number of halogens is 1. The molecule has 1 aromatic carbocycles. The standard InChI is InChI=1S/C20H27FN2O4/c1-12-9-16(13(2)23(12)15-8-6-7-14(21)10-15)18(25)17(24)11-22-19(26)27-20(3,4)5/h6-10,17-18,24-25H,11H2,1-5H3,(H,22,26). The molecule has 3 N–H and O–H groups in total. The van der Waals surface area contributed by atoms with Gasteiger partial charge in [0.15, 0.2) is 0 Å². The summed E-state index contributed by atoms with van der Waals surface area (Å²) in [5.41, 5.74) is 1.96. The second kappa shape index (κ2) is 8.10. The van der Waals surface area contributed by atoms with Gasteiger partial charge in [0.2, 0.25) is 0 Å². The van der Waals surface area contributed by atoms with Crippen LogP contribution >= 0.6 is 0 Å². The first-order valence-corrected chi connectivity index (χ1v) is 8.77. The highest BCUT2D eigenvalue weighted by molar-refractivity contribution is 5.67. The lowest BCUT2D eigenvalue weighted by Gasteiger charge is -2.22. The third kappa shape index (κ3) is 5.30. The number of ether oxygens (including phenoxy) is 1. The van der Waals surface area contributed by atoms with E-state index in [9.17, 15) is 19.4 Å². The van der Waals surface area contributed by atoms with Crippen LogP contribution in [0.1, 0.15) is 43.8 Å². The summed E-state index contributed by atoms with van der Waals surface area (Å²) < 4.78 is 20.5. The Labute approximate surface area is 158 Å². The molecule has 0 spiro atoms. The minimum absolute atomic E-state index is 0.167. The van der Waals surface area contributed by atoms with Crippen molar-refractivity contribution in [2.75, 3.05) is 6.54 Å². The van der Waals surface area contributed by atoms with Gasteiger partial charge in [-0.2, -0.15) is 0 Å². The van der Waals surface area contributed by atoms with E-state index >= 15 is 0 Å². The Bertz CT molecular complexity index is 811. The van der Waals surface area contributed by atoms with Crippen LogP contribution in [-0.2, 0) is 4.74 Å². The van der Waals surface area contributed by atoms with Crippen molar-refractivity contribution in [1.29, 1.82) is 0 Å². The summed E-state index contributed by atoms with van der Waals surface area (Å²) in [5.74, 6) is -0.358. The number of rotatable bonds is 5. The van der Waals surface area contributed by atoms with Crippen molar-refractivity contribution in [3.8, 4) is 5.69 Å².